The summed E-state index contributed by atoms with van der Waals surface area (Å²) >= 11 is 0. The van der Waals surface area contributed by atoms with Gasteiger partial charge in [0.1, 0.15) is 0 Å². The van der Waals surface area contributed by atoms with Gasteiger partial charge in [-0.05, 0) is 37.2 Å². The fraction of sp³-hybridized carbons (Fsp3) is 0.556. The minimum absolute atomic E-state index is 0.0373. The number of carboxylic acid groups (broad SMARTS) is 1. The zero-order chi connectivity index (χ0) is 23.2. The molecule has 3 atom stereocenters. The molecule has 1 aliphatic rings. The monoisotopic (exact) mass is 439 g/mol. The van der Waals surface area contributed by atoms with Crippen molar-refractivity contribution in [2.24, 2.45) is 5.92 Å². The highest BCUT2D eigenvalue weighted by Crippen LogP contribution is 2.22. The van der Waals surface area contributed by atoms with Gasteiger partial charge in [0.2, 0.25) is 5.91 Å². The molecule has 1 aliphatic heterocycles. The lowest BCUT2D eigenvalue weighted by molar-refractivity contribution is -0.137. The third kappa shape index (κ3) is 9.70. The molecule has 2 rings (SSSR count). The van der Waals surface area contributed by atoms with Crippen LogP contribution in [0.4, 0.5) is 0 Å². The van der Waals surface area contributed by atoms with Crippen LogP contribution in [0.15, 0.2) is 42.5 Å². The maximum Gasteiger partial charge on any atom is 0.303 e. The minimum Gasteiger partial charge on any atom is -0.481 e. The summed E-state index contributed by atoms with van der Waals surface area (Å²) in [6, 6.07) is 10.3. The molecule has 0 radical (unpaired) electrons. The van der Waals surface area contributed by atoms with Gasteiger partial charge in [0, 0.05) is 32.2 Å². The molecule has 0 spiro atoms. The number of carbonyl (C=O) groups is 2. The van der Waals surface area contributed by atoms with Crippen LogP contribution >= 0.6 is 0 Å². The van der Waals surface area contributed by atoms with Crippen LogP contribution in [-0.4, -0.2) is 45.7 Å². The molecule has 1 aromatic rings. The second kappa shape index (κ2) is 14.5. The summed E-state index contributed by atoms with van der Waals surface area (Å²) in [4.78, 5) is 24.7. The first-order valence-electron chi connectivity index (χ1n) is 11.8. The largest absolute Gasteiger partial charge is 0.481 e. The Morgan fingerprint density at radius 2 is 1.94 bits per heavy atom. The van der Waals surface area contributed by atoms with Crippen LogP contribution in [0.2, 0.25) is 0 Å². The van der Waals surface area contributed by atoms with E-state index in [1.165, 1.54) is 5.56 Å². The molecule has 0 bridgehead atoms. The number of unbranched alkanes of at least 4 members (excludes halogenated alkanes) is 3. The first-order valence-corrected chi connectivity index (χ1v) is 11.8. The Labute approximate surface area is 192 Å². The van der Waals surface area contributed by atoms with Gasteiger partial charge in [-0.1, -0.05) is 62.2 Å². The number of carbonyl (C=O) groups excluding carboxylic acids is 1. The van der Waals surface area contributed by atoms with Crippen molar-refractivity contribution in [3.8, 4) is 11.8 Å². The molecule has 1 amide bonds. The maximum absolute atomic E-state index is 12.2. The van der Waals surface area contributed by atoms with Crippen molar-refractivity contribution < 1.29 is 19.8 Å². The van der Waals surface area contributed by atoms with Gasteiger partial charge in [-0.25, -0.2) is 0 Å². The fourth-order valence-electron chi connectivity index (χ4n) is 3.88. The Balaban J connectivity index is 1.69. The third-order valence-electron chi connectivity index (χ3n) is 5.96. The normalized spacial score (nSPS) is 17.9. The van der Waals surface area contributed by atoms with Crippen molar-refractivity contribution in [1.82, 2.24) is 4.90 Å². The van der Waals surface area contributed by atoms with Gasteiger partial charge in [-0.2, -0.15) is 0 Å². The molecule has 0 saturated carbocycles. The van der Waals surface area contributed by atoms with E-state index < -0.39 is 12.1 Å². The quantitative estimate of drug-likeness (QED) is 0.268. The Kier molecular flexibility index (Phi) is 11.6. The van der Waals surface area contributed by atoms with E-state index in [9.17, 15) is 14.7 Å². The highest BCUT2D eigenvalue weighted by molar-refractivity contribution is 5.79. The van der Waals surface area contributed by atoms with Crippen LogP contribution in [0.3, 0.4) is 0 Å². The van der Waals surface area contributed by atoms with Crippen molar-refractivity contribution >= 4 is 11.9 Å². The highest BCUT2D eigenvalue weighted by Gasteiger charge is 2.28. The van der Waals surface area contributed by atoms with E-state index in [-0.39, 0.29) is 24.3 Å². The lowest BCUT2D eigenvalue weighted by atomic mass is 9.99. The Morgan fingerprint density at radius 1 is 1.19 bits per heavy atom. The molecular formula is C27H37NO4. The maximum atomic E-state index is 12.2. The zero-order valence-corrected chi connectivity index (χ0v) is 19.2. The number of hydrogen-bond acceptors (Lipinski definition) is 3. The van der Waals surface area contributed by atoms with E-state index in [2.05, 4.69) is 24.0 Å². The number of benzene rings is 1. The van der Waals surface area contributed by atoms with Gasteiger partial charge in [0.15, 0.2) is 0 Å². The number of aryl methyl sites for hydroxylation is 1. The Bertz CT molecular complexity index is 793. The van der Waals surface area contributed by atoms with Gasteiger partial charge in [0.25, 0.3) is 0 Å². The number of aliphatic carboxylic acids is 1. The second-order valence-electron chi connectivity index (χ2n) is 8.65. The van der Waals surface area contributed by atoms with Gasteiger partial charge >= 0.3 is 5.97 Å². The highest BCUT2D eigenvalue weighted by atomic mass is 16.4. The predicted octanol–water partition coefficient (Wildman–Crippen LogP) is 4.59. The van der Waals surface area contributed by atoms with Crippen molar-refractivity contribution in [1.29, 1.82) is 0 Å². The van der Waals surface area contributed by atoms with Gasteiger partial charge < -0.3 is 15.1 Å². The number of likely N-dealkylation sites (tertiary alicyclic amines) is 1. The van der Waals surface area contributed by atoms with Crippen molar-refractivity contribution in [3.05, 3.63) is 48.0 Å². The van der Waals surface area contributed by atoms with E-state index in [1.807, 2.05) is 42.2 Å². The summed E-state index contributed by atoms with van der Waals surface area (Å²) in [6.45, 7) is 2.69. The average Bonchev–Trinajstić information content (AvgIpc) is 3.13. The molecule has 1 heterocycles. The van der Waals surface area contributed by atoms with Crippen LogP contribution in [0.25, 0.3) is 0 Å². The molecule has 0 unspecified atom stereocenters. The predicted molar refractivity (Wildman–Crippen MR) is 127 cm³/mol. The first-order chi connectivity index (χ1) is 15.5. The molecule has 1 saturated heterocycles. The molecular weight excluding hydrogens is 402 g/mol. The second-order valence-corrected chi connectivity index (χ2v) is 8.65. The van der Waals surface area contributed by atoms with Crippen LogP contribution < -0.4 is 0 Å². The molecule has 1 fully saturated rings. The number of nitrogens with zero attached hydrogens (tertiary/aromatic N) is 1. The first kappa shape index (κ1) is 25.7. The summed E-state index contributed by atoms with van der Waals surface area (Å²) < 4.78 is 0. The number of aliphatic hydroxyl groups is 1. The molecule has 32 heavy (non-hydrogen) atoms. The molecule has 5 nitrogen and oxygen atoms in total. The summed E-state index contributed by atoms with van der Waals surface area (Å²) in [5.41, 5.74) is 1.29. The van der Waals surface area contributed by atoms with Crippen LogP contribution in [0, 0.1) is 17.8 Å². The molecule has 2 N–H and O–H groups in total. The standard InChI is InChI=1S/C27H37NO4/c1-22(12-6-4-7-13-23-14-8-5-9-15-23)25(29)19-17-24-18-20-26(30)28(24)21-11-3-2-10-16-27(31)32/h5,8-9,14-15,17,19,22,24-25,29H,2-3,7,10-13,16,18,20-21H2,1H3,(H,31,32)/t22-,24+,25-/m1/s1. The zero-order valence-electron chi connectivity index (χ0n) is 19.2. The molecule has 1 aromatic carbocycles. The lowest BCUT2D eigenvalue weighted by Gasteiger charge is -2.23. The van der Waals surface area contributed by atoms with Gasteiger partial charge in [-0.3, -0.25) is 9.59 Å². The number of hydrogen-bond donors (Lipinski definition) is 2. The molecule has 0 aliphatic carbocycles. The van der Waals surface area contributed by atoms with E-state index in [0.717, 1.165) is 38.5 Å². The Hall–Kier alpha value is -2.58. The topological polar surface area (TPSA) is 77.8 Å². The van der Waals surface area contributed by atoms with E-state index in [0.29, 0.717) is 25.8 Å². The van der Waals surface area contributed by atoms with Gasteiger partial charge in [-0.15, -0.1) is 11.8 Å². The molecule has 0 aromatic heterocycles. The van der Waals surface area contributed by atoms with Crippen molar-refractivity contribution in [2.75, 3.05) is 6.54 Å². The summed E-state index contributed by atoms with van der Waals surface area (Å²) in [5.74, 6) is 5.84. The summed E-state index contributed by atoms with van der Waals surface area (Å²) in [5, 5.41) is 19.2. The Morgan fingerprint density at radius 3 is 2.69 bits per heavy atom. The van der Waals surface area contributed by atoms with E-state index in [1.54, 1.807) is 0 Å². The SMILES string of the molecule is C[C@H](CC#CCCc1ccccc1)[C@H](O)C=C[C@H]1CCC(=O)N1CCCCCCC(=O)O. The fourth-order valence-corrected chi connectivity index (χ4v) is 3.88. The minimum atomic E-state index is -0.754. The summed E-state index contributed by atoms with van der Waals surface area (Å²) in [7, 11) is 0. The number of carboxylic acids is 1. The van der Waals surface area contributed by atoms with E-state index >= 15 is 0 Å². The number of rotatable bonds is 13. The summed E-state index contributed by atoms with van der Waals surface area (Å²) in [6.07, 6.45) is 10.5. The van der Waals surface area contributed by atoms with Gasteiger partial charge in [0.05, 0.1) is 12.1 Å². The van der Waals surface area contributed by atoms with Crippen LogP contribution in [-0.2, 0) is 16.0 Å². The number of amides is 1. The van der Waals surface area contributed by atoms with Crippen LogP contribution in [0.1, 0.15) is 70.3 Å². The smallest absolute Gasteiger partial charge is 0.303 e. The lowest BCUT2D eigenvalue weighted by Crippen LogP contribution is -2.33. The number of aliphatic hydroxyl groups excluding tert-OH is 1. The van der Waals surface area contributed by atoms with Crippen molar-refractivity contribution in [3.63, 3.8) is 0 Å². The average molecular weight is 440 g/mol. The molecule has 5 heteroatoms. The third-order valence-corrected chi connectivity index (χ3v) is 5.96. The van der Waals surface area contributed by atoms with E-state index in [4.69, 9.17) is 5.11 Å². The van der Waals surface area contributed by atoms with Crippen molar-refractivity contribution in [2.45, 2.75) is 83.3 Å². The van der Waals surface area contributed by atoms with Crippen LogP contribution in [0.5, 0.6) is 0 Å². The molecule has 174 valence electrons.